The summed E-state index contributed by atoms with van der Waals surface area (Å²) in [6, 6.07) is 39.2. The first-order valence-corrected chi connectivity index (χ1v) is 19.0. The molecule has 0 radical (unpaired) electrons. The molecule has 0 aliphatic heterocycles. The maximum atomic E-state index is 12.2. The van der Waals surface area contributed by atoms with E-state index in [4.69, 9.17) is 4.43 Å². The summed E-state index contributed by atoms with van der Waals surface area (Å²) in [5.74, 6) is 0.456. The number of hydrogen-bond donors (Lipinski definition) is 1. The van der Waals surface area contributed by atoms with Gasteiger partial charge in [0.2, 0.25) is 0 Å². The first kappa shape index (κ1) is 31.5. The zero-order valence-corrected chi connectivity index (χ0v) is 29.5. The maximum Gasteiger partial charge on any atom is 0.261 e. The van der Waals surface area contributed by atoms with Crippen LogP contribution in [-0.2, 0) is 16.3 Å². The Morgan fingerprint density at radius 2 is 1.41 bits per heavy atom. The summed E-state index contributed by atoms with van der Waals surface area (Å²) in [6.45, 7) is 12.6. The molecule has 6 rings (SSSR count). The van der Waals surface area contributed by atoms with Crippen molar-refractivity contribution in [3.05, 3.63) is 130 Å². The molecule has 0 spiro atoms. The van der Waals surface area contributed by atoms with Crippen molar-refractivity contribution in [2.75, 3.05) is 6.61 Å². The second-order valence-corrected chi connectivity index (χ2v) is 20.0. The van der Waals surface area contributed by atoms with E-state index in [1.165, 1.54) is 21.5 Å². The van der Waals surface area contributed by atoms with Gasteiger partial charge >= 0.3 is 0 Å². The molecule has 1 saturated carbocycles. The number of aryl methyl sites for hydroxylation is 1. The monoisotopic (exact) mass is 666 g/mol. The molecule has 2 nitrogen and oxygen atoms in total. The summed E-state index contributed by atoms with van der Waals surface area (Å²) in [4.78, 5) is 0. The van der Waals surface area contributed by atoms with Crippen molar-refractivity contribution in [1.82, 2.24) is 0 Å². The summed E-state index contributed by atoms with van der Waals surface area (Å²) in [7, 11) is -2.77. The fraction of sp³-hybridized carbons (Fsp3) is 0.400. The highest BCUT2D eigenvalue weighted by Crippen LogP contribution is 2.62. The highest BCUT2D eigenvalue weighted by atomic mass is 79.9. The van der Waals surface area contributed by atoms with Crippen LogP contribution >= 0.6 is 15.9 Å². The highest BCUT2D eigenvalue weighted by molar-refractivity contribution is 9.10. The molecule has 4 heteroatoms. The Bertz CT molecular complexity index is 1530. The van der Waals surface area contributed by atoms with E-state index in [1.807, 2.05) is 6.07 Å². The average Bonchev–Trinajstić information content (AvgIpc) is 3.02. The molecule has 5 atom stereocenters. The predicted molar refractivity (Wildman–Crippen MR) is 189 cm³/mol. The third-order valence-corrected chi connectivity index (χ3v) is 16.8. The molecule has 44 heavy (non-hydrogen) atoms. The molecule has 1 fully saturated rings. The zero-order valence-electron chi connectivity index (χ0n) is 26.9. The fourth-order valence-electron chi connectivity index (χ4n) is 9.18. The van der Waals surface area contributed by atoms with Crippen LogP contribution in [0, 0.1) is 17.3 Å². The predicted octanol–water partition coefficient (Wildman–Crippen LogP) is 9.00. The van der Waals surface area contributed by atoms with Crippen molar-refractivity contribution in [2.24, 2.45) is 17.3 Å². The lowest BCUT2D eigenvalue weighted by Gasteiger charge is -2.60. The molecule has 0 aromatic heterocycles. The third kappa shape index (κ3) is 5.26. The Morgan fingerprint density at radius 1 is 0.841 bits per heavy atom. The first-order valence-electron chi connectivity index (χ1n) is 16.3. The number of hydrogen-bond acceptors (Lipinski definition) is 2. The van der Waals surface area contributed by atoms with E-state index >= 15 is 0 Å². The van der Waals surface area contributed by atoms with Gasteiger partial charge in [-0.1, -0.05) is 148 Å². The van der Waals surface area contributed by atoms with Crippen LogP contribution in [0.4, 0.5) is 0 Å². The molecule has 4 aromatic carbocycles. The quantitative estimate of drug-likeness (QED) is 0.200. The van der Waals surface area contributed by atoms with E-state index in [9.17, 15) is 5.11 Å². The minimum Gasteiger partial charge on any atom is -0.407 e. The van der Waals surface area contributed by atoms with Crippen LogP contribution in [0.15, 0.2) is 114 Å². The van der Waals surface area contributed by atoms with Crippen molar-refractivity contribution >= 4 is 34.6 Å². The standard InChI is InChI=1S/C40H47BrO2Si/c1-38(2,3)44(32-17-11-7-12-18-32,33-19-13-8-14-20-33)43-28-40(5)35(37(42)29-15-9-6-10-16-29)25-26-39(4)34-23-22-31(41)27-30(34)21-24-36(39)40/h6-20,22-23,27,35-37,42H,21,24-26,28H2,1-5H3/t35-,36-,37?,39-,40-/m1/s1. The molecule has 230 valence electrons. The Kier molecular flexibility index (Phi) is 8.60. The van der Waals surface area contributed by atoms with Crippen LogP contribution in [0.3, 0.4) is 0 Å². The molecule has 4 aromatic rings. The van der Waals surface area contributed by atoms with Crippen molar-refractivity contribution < 1.29 is 9.53 Å². The normalized spacial score (nSPS) is 26.0. The lowest BCUT2D eigenvalue weighted by molar-refractivity contribution is -0.105. The molecule has 2 aliphatic rings. The molecular weight excluding hydrogens is 620 g/mol. The minimum atomic E-state index is -2.77. The van der Waals surface area contributed by atoms with Crippen LogP contribution in [-0.4, -0.2) is 20.0 Å². The molecule has 2 aliphatic carbocycles. The summed E-state index contributed by atoms with van der Waals surface area (Å²) in [6.07, 6.45) is 3.63. The van der Waals surface area contributed by atoms with E-state index < -0.39 is 14.4 Å². The molecule has 1 N–H and O–H groups in total. The van der Waals surface area contributed by atoms with Gasteiger partial charge in [-0.15, -0.1) is 0 Å². The van der Waals surface area contributed by atoms with Gasteiger partial charge in [0.25, 0.3) is 8.32 Å². The lowest BCUT2D eigenvalue weighted by Crippen LogP contribution is -2.68. The van der Waals surface area contributed by atoms with Gasteiger partial charge in [-0.3, -0.25) is 0 Å². The van der Waals surface area contributed by atoms with E-state index in [0.717, 1.165) is 35.7 Å². The van der Waals surface area contributed by atoms with Crippen LogP contribution in [0.25, 0.3) is 0 Å². The largest absolute Gasteiger partial charge is 0.407 e. The maximum absolute atomic E-state index is 12.2. The third-order valence-electron chi connectivity index (χ3n) is 11.3. The average molecular weight is 668 g/mol. The van der Waals surface area contributed by atoms with Crippen LogP contribution in [0.2, 0.25) is 5.04 Å². The molecule has 1 unspecified atom stereocenters. The van der Waals surface area contributed by atoms with Crippen molar-refractivity contribution in [3.63, 3.8) is 0 Å². The summed E-state index contributed by atoms with van der Waals surface area (Å²) >= 11 is 3.73. The number of rotatable bonds is 7. The SMILES string of the molecule is CC(C)(C)[Si](OC[C@]1(C)[C@@H](C(O)c2ccccc2)CC[C@]2(C)c3ccc(Br)cc3CC[C@@H]12)(c1ccccc1)c1ccccc1. The van der Waals surface area contributed by atoms with Crippen molar-refractivity contribution in [3.8, 4) is 0 Å². The van der Waals surface area contributed by atoms with Gasteiger partial charge in [0.05, 0.1) is 6.10 Å². The van der Waals surface area contributed by atoms with Gasteiger partial charge in [0, 0.05) is 11.1 Å². The lowest BCUT2D eigenvalue weighted by atomic mass is 9.46. The van der Waals surface area contributed by atoms with Gasteiger partial charge in [0.15, 0.2) is 0 Å². The molecule has 0 heterocycles. The molecule has 0 bridgehead atoms. The summed E-state index contributed by atoms with van der Waals surface area (Å²) < 4.78 is 8.90. The fourth-order valence-corrected chi connectivity index (χ4v) is 14.3. The summed E-state index contributed by atoms with van der Waals surface area (Å²) in [5.41, 5.74) is 3.74. The van der Waals surface area contributed by atoms with Crippen LogP contribution in [0.5, 0.6) is 0 Å². The molecule has 0 saturated heterocycles. The van der Waals surface area contributed by atoms with Gasteiger partial charge in [0.1, 0.15) is 0 Å². The number of benzene rings is 4. The molecular formula is C40H47BrO2Si. The van der Waals surface area contributed by atoms with Crippen LogP contribution in [0.1, 0.15) is 76.7 Å². The Morgan fingerprint density at radius 3 is 1.98 bits per heavy atom. The Hall–Kier alpha value is -2.50. The second-order valence-electron chi connectivity index (χ2n) is 14.8. The van der Waals surface area contributed by atoms with Gasteiger partial charge in [-0.05, 0) is 92.6 Å². The smallest absolute Gasteiger partial charge is 0.261 e. The number of aliphatic hydroxyl groups excluding tert-OH is 1. The van der Waals surface area contributed by atoms with E-state index in [-0.39, 0.29) is 21.8 Å². The number of halogens is 1. The van der Waals surface area contributed by atoms with E-state index in [2.05, 4.69) is 154 Å². The first-order chi connectivity index (χ1) is 21.0. The van der Waals surface area contributed by atoms with Gasteiger partial charge < -0.3 is 9.53 Å². The van der Waals surface area contributed by atoms with E-state index in [0.29, 0.717) is 12.5 Å². The Balaban J connectivity index is 1.49. The molecule has 0 amide bonds. The van der Waals surface area contributed by atoms with Gasteiger partial charge in [-0.2, -0.15) is 0 Å². The van der Waals surface area contributed by atoms with Crippen LogP contribution < -0.4 is 10.4 Å². The highest BCUT2D eigenvalue weighted by Gasteiger charge is 2.59. The van der Waals surface area contributed by atoms with Crippen molar-refractivity contribution in [2.45, 2.75) is 76.9 Å². The topological polar surface area (TPSA) is 29.5 Å². The van der Waals surface area contributed by atoms with Gasteiger partial charge in [-0.25, -0.2) is 0 Å². The van der Waals surface area contributed by atoms with Crippen molar-refractivity contribution in [1.29, 1.82) is 0 Å². The number of aliphatic hydroxyl groups is 1. The Labute approximate surface area is 274 Å². The summed E-state index contributed by atoms with van der Waals surface area (Å²) in [5, 5.41) is 14.7. The zero-order chi connectivity index (χ0) is 31.2. The number of fused-ring (bicyclic) bond motifs is 3. The van der Waals surface area contributed by atoms with E-state index in [1.54, 1.807) is 0 Å². The minimum absolute atomic E-state index is 0.0186. The second kappa shape index (κ2) is 12.0.